The van der Waals surface area contributed by atoms with Gasteiger partial charge >= 0.3 is 0 Å². The summed E-state index contributed by atoms with van der Waals surface area (Å²) in [6, 6.07) is 0. The Bertz CT molecular complexity index is 242. The molecule has 0 aromatic heterocycles. The van der Waals surface area contributed by atoms with Crippen LogP contribution in [0.3, 0.4) is 0 Å². The molecule has 0 aromatic carbocycles. The Kier molecular flexibility index (Phi) is 4.39. The molecule has 4 heteroatoms. The maximum absolute atomic E-state index is 11.6. The van der Waals surface area contributed by atoms with Crippen LogP contribution in [0.15, 0.2) is 0 Å². The van der Waals surface area contributed by atoms with Crippen molar-refractivity contribution in [1.29, 1.82) is 0 Å². The van der Waals surface area contributed by atoms with Crippen LogP contribution in [0.25, 0.3) is 0 Å². The second-order valence-corrected chi connectivity index (χ2v) is 6.93. The lowest BCUT2D eigenvalue weighted by Gasteiger charge is -2.22. The van der Waals surface area contributed by atoms with Gasteiger partial charge in [0.1, 0.15) is 0 Å². The Balaban J connectivity index is 4.35. The molecule has 0 saturated carbocycles. The molecule has 0 amide bonds. The predicted molar refractivity (Wildman–Crippen MR) is 56.3 cm³/mol. The third kappa shape index (κ3) is 6.05. The monoisotopic (exact) mass is 207 g/mol. The maximum Gasteiger partial charge on any atom is 0.151 e. The summed E-state index contributed by atoms with van der Waals surface area (Å²) in [5.41, 5.74) is 5.18. The number of sulfone groups is 1. The highest BCUT2D eigenvalue weighted by Gasteiger charge is 2.25. The van der Waals surface area contributed by atoms with Gasteiger partial charge in [-0.1, -0.05) is 27.7 Å². The van der Waals surface area contributed by atoms with Gasteiger partial charge in [0.25, 0.3) is 0 Å². The van der Waals surface area contributed by atoms with Gasteiger partial charge in [0.2, 0.25) is 0 Å². The van der Waals surface area contributed by atoms with Gasteiger partial charge in [-0.05, 0) is 17.9 Å². The lowest BCUT2D eigenvalue weighted by molar-refractivity contribution is 0.424. The predicted octanol–water partition coefficient (Wildman–Crippen LogP) is 1.04. The molecular formula is C9H21NO2S. The quantitative estimate of drug-likeness (QED) is 0.733. The van der Waals surface area contributed by atoms with E-state index in [1.165, 1.54) is 0 Å². The van der Waals surface area contributed by atoms with Gasteiger partial charge in [-0.25, -0.2) is 8.42 Å². The highest BCUT2D eigenvalue weighted by Crippen LogP contribution is 2.17. The summed E-state index contributed by atoms with van der Waals surface area (Å²) in [6.45, 7) is 7.99. The van der Waals surface area contributed by atoms with Gasteiger partial charge < -0.3 is 5.73 Å². The van der Waals surface area contributed by atoms with E-state index in [2.05, 4.69) is 0 Å². The van der Waals surface area contributed by atoms with Crippen molar-refractivity contribution in [3.63, 3.8) is 0 Å². The summed E-state index contributed by atoms with van der Waals surface area (Å²) in [5, 5.41) is 0. The van der Waals surface area contributed by atoms with Crippen molar-refractivity contribution >= 4 is 9.84 Å². The van der Waals surface area contributed by atoms with Crippen LogP contribution >= 0.6 is 0 Å². The molecule has 80 valence electrons. The molecule has 0 aliphatic rings. The fraction of sp³-hybridized carbons (Fsp3) is 1.00. The van der Waals surface area contributed by atoms with Crippen molar-refractivity contribution in [2.24, 2.45) is 17.1 Å². The van der Waals surface area contributed by atoms with Gasteiger partial charge in [-0.2, -0.15) is 0 Å². The van der Waals surface area contributed by atoms with Gasteiger partial charge in [0.05, 0.1) is 11.5 Å². The number of hydrogen-bond donors (Lipinski definition) is 1. The molecule has 0 atom stereocenters. The fourth-order valence-electron chi connectivity index (χ4n) is 1.22. The van der Waals surface area contributed by atoms with Crippen molar-refractivity contribution < 1.29 is 8.42 Å². The second kappa shape index (κ2) is 4.42. The summed E-state index contributed by atoms with van der Waals surface area (Å²) in [7, 11) is -2.93. The van der Waals surface area contributed by atoms with E-state index in [1.807, 2.05) is 27.7 Å². The van der Waals surface area contributed by atoms with Crippen molar-refractivity contribution in [2.45, 2.75) is 27.7 Å². The minimum Gasteiger partial charge on any atom is -0.330 e. The van der Waals surface area contributed by atoms with Crippen LogP contribution in [0.2, 0.25) is 0 Å². The van der Waals surface area contributed by atoms with Crippen LogP contribution < -0.4 is 5.73 Å². The normalized spacial score (nSPS) is 13.7. The van der Waals surface area contributed by atoms with E-state index in [4.69, 9.17) is 5.73 Å². The Labute approximate surface area is 81.6 Å². The largest absolute Gasteiger partial charge is 0.330 e. The summed E-state index contributed by atoms with van der Waals surface area (Å²) in [4.78, 5) is 0. The summed E-state index contributed by atoms with van der Waals surface area (Å²) >= 11 is 0. The Morgan fingerprint density at radius 3 is 2.08 bits per heavy atom. The van der Waals surface area contributed by atoms with E-state index in [0.29, 0.717) is 6.54 Å². The molecule has 2 N–H and O–H groups in total. The van der Waals surface area contributed by atoms with E-state index in [0.717, 1.165) is 0 Å². The zero-order valence-corrected chi connectivity index (χ0v) is 9.82. The lowest BCUT2D eigenvalue weighted by Crippen LogP contribution is -2.33. The Morgan fingerprint density at radius 2 is 1.77 bits per heavy atom. The highest BCUT2D eigenvalue weighted by molar-refractivity contribution is 7.91. The SMILES string of the molecule is CC(C)CS(=O)(=O)CC(C)(C)CN. The average Bonchev–Trinajstić information content (AvgIpc) is 1.81. The molecule has 0 aliphatic carbocycles. The van der Waals surface area contributed by atoms with E-state index < -0.39 is 9.84 Å². The van der Waals surface area contributed by atoms with Crippen LogP contribution in [-0.4, -0.2) is 26.5 Å². The molecule has 0 radical (unpaired) electrons. The molecule has 0 bridgehead atoms. The molecule has 3 nitrogen and oxygen atoms in total. The van der Waals surface area contributed by atoms with Gasteiger partial charge in [-0.3, -0.25) is 0 Å². The van der Waals surface area contributed by atoms with Crippen LogP contribution in [0.4, 0.5) is 0 Å². The van der Waals surface area contributed by atoms with Gasteiger partial charge in [0, 0.05) is 0 Å². The molecule has 0 saturated heterocycles. The first-order chi connectivity index (χ1) is 5.68. The molecule has 0 aromatic rings. The van der Waals surface area contributed by atoms with Crippen LogP contribution in [0.5, 0.6) is 0 Å². The molecule has 0 spiro atoms. The molecule has 0 unspecified atom stereocenters. The fourth-order valence-corrected chi connectivity index (χ4v) is 3.66. The third-order valence-corrected chi connectivity index (χ3v) is 4.15. The van der Waals surface area contributed by atoms with Crippen molar-refractivity contribution in [1.82, 2.24) is 0 Å². The minimum atomic E-state index is -2.93. The van der Waals surface area contributed by atoms with E-state index >= 15 is 0 Å². The number of nitrogens with two attached hydrogens (primary N) is 1. The van der Waals surface area contributed by atoms with Gasteiger partial charge in [0.15, 0.2) is 9.84 Å². The standard InChI is InChI=1S/C9H21NO2S/c1-8(2)5-13(11,12)7-9(3,4)6-10/h8H,5-7,10H2,1-4H3. The minimum absolute atomic E-state index is 0.189. The molecule has 13 heavy (non-hydrogen) atoms. The topological polar surface area (TPSA) is 60.2 Å². The molecule has 0 rings (SSSR count). The maximum atomic E-state index is 11.6. The molecule has 0 fully saturated rings. The Hall–Kier alpha value is -0.0900. The summed E-state index contributed by atoms with van der Waals surface area (Å²) in [6.07, 6.45) is 0. The van der Waals surface area contributed by atoms with E-state index in [9.17, 15) is 8.42 Å². The van der Waals surface area contributed by atoms with E-state index in [-0.39, 0.29) is 22.8 Å². The lowest BCUT2D eigenvalue weighted by atomic mass is 9.97. The Morgan fingerprint density at radius 1 is 1.31 bits per heavy atom. The van der Waals surface area contributed by atoms with E-state index in [1.54, 1.807) is 0 Å². The highest BCUT2D eigenvalue weighted by atomic mass is 32.2. The summed E-state index contributed by atoms with van der Waals surface area (Å²) in [5.74, 6) is 0.643. The zero-order valence-electron chi connectivity index (χ0n) is 9.00. The van der Waals surface area contributed by atoms with Gasteiger partial charge in [-0.15, -0.1) is 0 Å². The van der Waals surface area contributed by atoms with Crippen molar-refractivity contribution in [3.8, 4) is 0 Å². The van der Waals surface area contributed by atoms with Crippen LogP contribution in [-0.2, 0) is 9.84 Å². The third-order valence-electron chi connectivity index (χ3n) is 1.75. The van der Waals surface area contributed by atoms with Crippen LogP contribution in [0.1, 0.15) is 27.7 Å². The first kappa shape index (κ1) is 12.9. The zero-order chi connectivity index (χ0) is 10.7. The molecular weight excluding hydrogens is 186 g/mol. The average molecular weight is 207 g/mol. The molecule has 0 aliphatic heterocycles. The summed E-state index contributed by atoms with van der Waals surface area (Å²) < 4.78 is 23.1. The number of rotatable bonds is 5. The number of hydrogen-bond acceptors (Lipinski definition) is 3. The van der Waals surface area contributed by atoms with Crippen LogP contribution in [0, 0.1) is 11.3 Å². The smallest absolute Gasteiger partial charge is 0.151 e. The second-order valence-electron chi connectivity index (χ2n) is 4.82. The van der Waals surface area contributed by atoms with Crippen molar-refractivity contribution in [3.05, 3.63) is 0 Å². The first-order valence-electron chi connectivity index (χ1n) is 4.59. The van der Waals surface area contributed by atoms with Crippen molar-refractivity contribution in [2.75, 3.05) is 18.1 Å². The first-order valence-corrected chi connectivity index (χ1v) is 6.41. The molecule has 0 heterocycles.